The molecule has 0 aromatic rings. The monoisotopic (exact) mass is 1320 g/mol. The zero-order chi connectivity index (χ0) is 66.6. The first-order valence-electron chi connectivity index (χ1n) is 36.9. The Labute approximate surface area is 549 Å². The van der Waals surface area contributed by atoms with Crippen LogP contribution in [0.4, 0.5) is 0 Å². The van der Waals surface area contributed by atoms with E-state index < -0.39 is 97.5 Å². The third kappa shape index (κ3) is 63.5. The number of ether oxygens (including phenoxy) is 4. The molecule has 0 saturated heterocycles. The second-order valence-electron chi connectivity index (χ2n) is 26.8. The van der Waals surface area contributed by atoms with Gasteiger partial charge >= 0.3 is 39.5 Å². The van der Waals surface area contributed by atoms with Gasteiger partial charge in [-0.3, -0.25) is 37.3 Å². The molecule has 0 heterocycles. The second kappa shape index (κ2) is 61.9. The van der Waals surface area contributed by atoms with Crippen LogP contribution >= 0.6 is 15.6 Å². The summed E-state index contributed by atoms with van der Waals surface area (Å²) >= 11 is 0. The largest absolute Gasteiger partial charge is 0.472 e. The molecule has 0 aliphatic carbocycles. The van der Waals surface area contributed by atoms with Gasteiger partial charge in [0.25, 0.3) is 0 Å². The Hall–Kier alpha value is -1.94. The fourth-order valence-electron chi connectivity index (χ4n) is 10.7. The molecule has 0 amide bonds. The SMILES string of the molecule is CCCCCCCCCCCCCCCCC(=O)OC[C@H](COP(=O)(O)OC[C@@H](O)COP(=O)(O)OC[C@@H](COC(=O)CCCCCCCCC(C)C)OC(=O)CCCCCCCCCCC(C)CC)OC(=O)CCCCCCCCCCCCCCC(C)C. The summed E-state index contributed by atoms with van der Waals surface area (Å²) < 4.78 is 68.3. The predicted molar refractivity (Wildman–Crippen MR) is 363 cm³/mol. The maximum Gasteiger partial charge on any atom is 0.472 e. The van der Waals surface area contributed by atoms with Gasteiger partial charge in [-0.05, 0) is 43.4 Å². The van der Waals surface area contributed by atoms with Gasteiger partial charge in [0.15, 0.2) is 12.2 Å². The Balaban J connectivity index is 5.25. The first kappa shape index (κ1) is 88.1. The van der Waals surface area contributed by atoms with Gasteiger partial charge in [0.05, 0.1) is 26.4 Å². The van der Waals surface area contributed by atoms with Crippen molar-refractivity contribution in [3.63, 3.8) is 0 Å². The van der Waals surface area contributed by atoms with Crippen molar-refractivity contribution in [2.75, 3.05) is 39.6 Å². The number of unbranched alkanes of at least 4 members (excludes halogenated alkanes) is 36. The summed E-state index contributed by atoms with van der Waals surface area (Å²) in [6.07, 6.45) is 45.8. The molecule has 534 valence electrons. The number of aliphatic hydroxyl groups excluding tert-OH is 1. The highest BCUT2D eigenvalue weighted by atomic mass is 31.2. The molecule has 0 aliphatic rings. The van der Waals surface area contributed by atoms with Crippen LogP contribution in [0.5, 0.6) is 0 Å². The molecule has 0 spiro atoms. The standard InChI is InChI=1S/C71H138O17P2/c1-8-10-11-12-13-14-15-16-17-21-24-30-38-45-52-68(73)81-58-66(87-70(75)54-47-40-31-25-22-19-18-20-23-28-35-42-49-62(3)4)60-85-89(77,78)83-56-65(72)57-84-90(79,80)86-61-67(59-82-69(74)53-46-39-34-33-36-43-50-63(5)6)88-71(76)55-48-41-32-27-26-29-37-44-51-64(7)9-2/h62-67,72H,8-61H2,1-7H3,(H,77,78)(H,79,80)/t64?,65-,66-,67-/m1/s1. The fraction of sp³-hybridized carbons (Fsp3) is 0.944. The molecule has 17 nitrogen and oxygen atoms in total. The van der Waals surface area contributed by atoms with E-state index in [4.69, 9.17) is 37.0 Å². The van der Waals surface area contributed by atoms with E-state index in [1.165, 1.54) is 161 Å². The second-order valence-corrected chi connectivity index (χ2v) is 29.7. The topological polar surface area (TPSA) is 237 Å². The fourth-order valence-corrected chi connectivity index (χ4v) is 12.3. The molecule has 90 heavy (non-hydrogen) atoms. The summed E-state index contributed by atoms with van der Waals surface area (Å²) in [4.78, 5) is 72.6. The van der Waals surface area contributed by atoms with Crippen molar-refractivity contribution in [2.45, 2.75) is 375 Å². The van der Waals surface area contributed by atoms with E-state index in [9.17, 15) is 43.2 Å². The molecule has 0 bridgehead atoms. The van der Waals surface area contributed by atoms with Crippen LogP contribution in [0.25, 0.3) is 0 Å². The quantitative estimate of drug-likeness (QED) is 0.0222. The van der Waals surface area contributed by atoms with Crippen molar-refractivity contribution in [1.82, 2.24) is 0 Å². The average Bonchev–Trinajstić information content (AvgIpc) is 3.34. The maximum atomic E-state index is 13.0. The van der Waals surface area contributed by atoms with Crippen LogP contribution in [0, 0.1) is 17.8 Å². The van der Waals surface area contributed by atoms with Crippen LogP contribution in [-0.2, 0) is 65.4 Å². The van der Waals surface area contributed by atoms with Crippen molar-refractivity contribution in [3.8, 4) is 0 Å². The molecule has 0 radical (unpaired) electrons. The molecule has 0 fully saturated rings. The number of carbonyl (C=O) groups excluding carboxylic acids is 4. The number of phosphoric acid groups is 2. The van der Waals surface area contributed by atoms with Gasteiger partial charge in [-0.2, -0.15) is 0 Å². The number of carbonyl (C=O) groups is 4. The third-order valence-corrected chi connectivity index (χ3v) is 18.6. The lowest BCUT2D eigenvalue weighted by Crippen LogP contribution is -2.30. The van der Waals surface area contributed by atoms with Gasteiger partial charge in [-0.1, -0.05) is 305 Å². The van der Waals surface area contributed by atoms with Crippen molar-refractivity contribution in [1.29, 1.82) is 0 Å². The van der Waals surface area contributed by atoms with E-state index in [1.54, 1.807) is 0 Å². The summed E-state index contributed by atoms with van der Waals surface area (Å²) in [6, 6.07) is 0. The van der Waals surface area contributed by atoms with E-state index >= 15 is 0 Å². The Kier molecular flexibility index (Phi) is 60.6. The molecule has 0 aromatic heterocycles. The number of esters is 4. The van der Waals surface area contributed by atoms with Gasteiger partial charge in [-0.25, -0.2) is 9.13 Å². The Morgan fingerprint density at radius 1 is 0.322 bits per heavy atom. The maximum absolute atomic E-state index is 13.0. The van der Waals surface area contributed by atoms with Gasteiger partial charge in [0, 0.05) is 25.7 Å². The number of phosphoric ester groups is 2. The van der Waals surface area contributed by atoms with Crippen LogP contribution < -0.4 is 0 Å². The van der Waals surface area contributed by atoms with Crippen LogP contribution in [0.2, 0.25) is 0 Å². The van der Waals surface area contributed by atoms with Crippen molar-refractivity contribution in [2.24, 2.45) is 17.8 Å². The van der Waals surface area contributed by atoms with E-state index in [0.717, 1.165) is 108 Å². The first-order valence-corrected chi connectivity index (χ1v) is 39.9. The minimum absolute atomic E-state index is 0.104. The van der Waals surface area contributed by atoms with E-state index in [-0.39, 0.29) is 25.7 Å². The number of aliphatic hydroxyl groups is 1. The highest BCUT2D eigenvalue weighted by Gasteiger charge is 2.30. The first-order chi connectivity index (χ1) is 43.3. The molecule has 0 rings (SSSR count). The van der Waals surface area contributed by atoms with E-state index in [0.29, 0.717) is 31.6 Å². The van der Waals surface area contributed by atoms with Crippen LogP contribution in [-0.4, -0.2) is 96.7 Å². The average molecular weight is 1330 g/mol. The van der Waals surface area contributed by atoms with Gasteiger partial charge in [-0.15, -0.1) is 0 Å². The third-order valence-electron chi connectivity index (χ3n) is 16.7. The predicted octanol–water partition coefficient (Wildman–Crippen LogP) is 20.2. The van der Waals surface area contributed by atoms with Crippen molar-refractivity contribution >= 4 is 39.5 Å². The van der Waals surface area contributed by atoms with Gasteiger partial charge in [0.1, 0.15) is 19.3 Å². The van der Waals surface area contributed by atoms with Crippen molar-refractivity contribution in [3.05, 3.63) is 0 Å². The van der Waals surface area contributed by atoms with Gasteiger partial charge < -0.3 is 33.8 Å². The van der Waals surface area contributed by atoms with Crippen molar-refractivity contribution < 1.29 is 80.2 Å². The molecular formula is C71H138O17P2. The minimum atomic E-state index is -4.95. The highest BCUT2D eigenvalue weighted by Crippen LogP contribution is 2.45. The normalized spacial score (nSPS) is 14.5. The summed E-state index contributed by atoms with van der Waals surface area (Å²) in [6.45, 7) is 11.8. The molecule has 0 aromatic carbocycles. The van der Waals surface area contributed by atoms with Crippen LogP contribution in [0.1, 0.15) is 357 Å². The number of hydrogen-bond acceptors (Lipinski definition) is 15. The zero-order valence-electron chi connectivity index (χ0n) is 58.6. The summed E-state index contributed by atoms with van der Waals surface area (Å²) in [5, 5.41) is 10.6. The Morgan fingerprint density at radius 3 is 0.844 bits per heavy atom. The lowest BCUT2D eigenvalue weighted by Gasteiger charge is -2.21. The van der Waals surface area contributed by atoms with Crippen LogP contribution in [0.15, 0.2) is 0 Å². The minimum Gasteiger partial charge on any atom is -0.462 e. The molecule has 19 heteroatoms. The lowest BCUT2D eigenvalue weighted by molar-refractivity contribution is -0.161. The molecular weight excluding hydrogens is 1190 g/mol. The smallest absolute Gasteiger partial charge is 0.462 e. The Bertz CT molecular complexity index is 1770. The molecule has 0 saturated carbocycles. The summed E-state index contributed by atoms with van der Waals surface area (Å²) in [7, 11) is -9.90. The molecule has 6 atom stereocenters. The van der Waals surface area contributed by atoms with E-state index in [2.05, 4.69) is 48.5 Å². The number of rotatable bonds is 69. The van der Waals surface area contributed by atoms with E-state index in [1.807, 2.05) is 0 Å². The van der Waals surface area contributed by atoms with Gasteiger partial charge in [0.2, 0.25) is 0 Å². The lowest BCUT2D eigenvalue weighted by atomic mass is 9.99. The number of hydrogen-bond donors (Lipinski definition) is 3. The molecule has 0 aliphatic heterocycles. The zero-order valence-corrected chi connectivity index (χ0v) is 60.4. The molecule has 3 N–H and O–H groups in total. The molecule has 3 unspecified atom stereocenters. The van der Waals surface area contributed by atoms with Crippen LogP contribution in [0.3, 0.4) is 0 Å². The highest BCUT2D eigenvalue weighted by molar-refractivity contribution is 7.47. The summed E-state index contributed by atoms with van der Waals surface area (Å²) in [5.41, 5.74) is 0. The Morgan fingerprint density at radius 2 is 0.567 bits per heavy atom. The summed E-state index contributed by atoms with van der Waals surface area (Å²) in [5.74, 6) is 0.0987.